The lowest BCUT2D eigenvalue weighted by Crippen LogP contribution is -2.32. The van der Waals surface area contributed by atoms with E-state index >= 15 is 0 Å². The summed E-state index contributed by atoms with van der Waals surface area (Å²) in [4.78, 5) is 18.2. The molecule has 104 valence electrons. The van der Waals surface area contributed by atoms with Crippen LogP contribution in [0.15, 0.2) is 30.3 Å². The molecule has 5 heteroatoms. The van der Waals surface area contributed by atoms with Crippen molar-refractivity contribution in [3.05, 3.63) is 30.3 Å². The van der Waals surface area contributed by atoms with E-state index in [1.54, 1.807) is 7.11 Å². The Morgan fingerprint density at radius 2 is 2.05 bits per heavy atom. The minimum Gasteiger partial charge on any atom is -0.481 e. The summed E-state index contributed by atoms with van der Waals surface area (Å²) in [7, 11) is 1.60. The van der Waals surface area contributed by atoms with E-state index < -0.39 is 0 Å². The highest BCUT2D eigenvalue weighted by Gasteiger charge is 2.17. The third-order valence-electron chi connectivity index (χ3n) is 3.52. The number of nitrogens with zero attached hydrogens (tertiary/aromatic N) is 2. The fourth-order valence-corrected chi connectivity index (χ4v) is 2.42. The summed E-state index contributed by atoms with van der Waals surface area (Å²) in [6, 6.07) is 9.40. The van der Waals surface area contributed by atoms with Crippen molar-refractivity contribution in [2.45, 2.75) is 12.8 Å². The number of urea groups is 1. The molecule has 0 saturated carbocycles. The van der Waals surface area contributed by atoms with E-state index in [1.807, 2.05) is 35.2 Å². The quantitative estimate of drug-likeness (QED) is 0.913. The molecule has 1 N–H and O–H groups in total. The highest BCUT2D eigenvalue weighted by atomic mass is 16.5. The van der Waals surface area contributed by atoms with Gasteiger partial charge in [0.25, 0.3) is 0 Å². The zero-order valence-electron chi connectivity index (χ0n) is 11.4. The number of aromatic nitrogens is 1. The molecular weight excluding hydrogens is 254 g/mol. The number of hydrogen-bond acceptors (Lipinski definition) is 3. The third-order valence-corrected chi connectivity index (χ3v) is 3.52. The standard InChI is InChI=1S/C15H17N3O2/c1-20-14-7-4-11-10-12(5-6-13(11)17-14)16-15(19)18-8-2-3-9-18/h4-7,10H,2-3,8-9H2,1H3,(H,16,19). The number of rotatable bonds is 2. The van der Waals surface area contributed by atoms with Crippen LogP contribution in [0.1, 0.15) is 12.8 Å². The summed E-state index contributed by atoms with van der Waals surface area (Å²) in [6.07, 6.45) is 2.18. The Balaban J connectivity index is 1.80. The second kappa shape index (κ2) is 5.36. The molecule has 1 aliphatic heterocycles. The van der Waals surface area contributed by atoms with Crippen LogP contribution in [0.3, 0.4) is 0 Å². The van der Waals surface area contributed by atoms with Gasteiger partial charge in [-0.1, -0.05) is 0 Å². The van der Waals surface area contributed by atoms with Gasteiger partial charge < -0.3 is 15.0 Å². The molecule has 20 heavy (non-hydrogen) atoms. The third kappa shape index (κ3) is 2.52. The van der Waals surface area contributed by atoms with E-state index in [1.165, 1.54) is 0 Å². The number of hydrogen-bond donors (Lipinski definition) is 1. The van der Waals surface area contributed by atoms with E-state index in [-0.39, 0.29) is 6.03 Å². The van der Waals surface area contributed by atoms with Gasteiger partial charge in [0.15, 0.2) is 0 Å². The van der Waals surface area contributed by atoms with Crippen LogP contribution in [0, 0.1) is 0 Å². The van der Waals surface area contributed by atoms with Crippen molar-refractivity contribution in [3.63, 3.8) is 0 Å². The minimum absolute atomic E-state index is 0.0247. The van der Waals surface area contributed by atoms with Gasteiger partial charge in [-0.2, -0.15) is 0 Å². The van der Waals surface area contributed by atoms with Crippen LogP contribution < -0.4 is 10.1 Å². The molecule has 1 aromatic carbocycles. The van der Waals surface area contributed by atoms with Gasteiger partial charge in [-0.15, -0.1) is 0 Å². The molecule has 1 aliphatic rings. The molecular formula is C15H17N3O2. The molecule has 0 atom stereocenters. The fourth-order valence-electron chi connectivity index (χ4n) is 2.42. The molecule has 0 unspecified atom stereocenters. The van der Waals surface area contributed by atoms with Crippen molar-refractivity contribution in [3.8, 4) is 5.88 Å². The first-order valence-electron chi connectivity index (χ1n) is 6.77. The predicted molar refractivity (Wildman–Crippen MR) is 78.1 cm³/mol. The first-order chi connectivity index (χ1) is 9.76. The molecule has 1 aromatic heterocycles. The van der Waals surface area contributed by atoms with Gasteiger partial charge in [0.2, 0.25) is 5.88 Å². The van der Waals surface area contributed by atoms with Crippen molar-refractivity contribution in [2.75, 3.05) is 25.5 Å². The molecule has 1 fully saturated rings. The maximum Gasteiger partial charge on any atom is 0.321 e. The molecule has 2 aromatic rings. The number of anilines is 1. The smallest absolute Gasteiger partial charge is 0.321 e. The summed E-state index contributed by atoms with van der Waals surface area (Å²) in [5, 5.41) is 3.91. The number of carbonyl (C=O) groups excluding carboxylic acids is 1. The Bertz CT molecular complexity index is 636. The molecule has 3 rings (SSSR count). The molecule has 0 aliphatic carbocycles. The zero-order chi connectivity index (χ0) is 13.9. The average Bonchev–Trinajstić information content (AvgIpc) is 3.01. The molecule has 1 saturated heterocycles. The largest absolute Gasteiger partial charge is 0.481 e. The SMILES string of the molecule is COc1ccc2cc(NC(=O)N3CCCC3)ccc2n1. The van der Waals surface area contributed by atoms with Gasteiger partial charge in [0.05, 0.1) is 12.6 Å². The average molecular weight is 271 g/mol. The maximum absolute atomic E-state index is 12.0. The predicted octanol–water partition coefficient (Wildman–Crippen LogP) is 2.87. The Kier molecular flexibility index (Phi) is 3.41. The summed E-state index contributed by atoms with van der Waals surface area (Å²) >= 11 is 0. The van der Waals surface area contributed by atoms with Gasteiger partial charge in [-0.3, -0.25) is 0 Å². The first kappa shape index (κ1) is 12.7. The number of ether oxygens (including phenoxy) is 1. The lowest BCUT2D eigenvalue weighted by molar-refractivity contribution is 0.222. The Labute approximate surface area is 117 Å². The summed E-state index contributed by atoms with van der Waals surface area (Å²) in [5.74, 6) is 0.589. The second-order valence-electron chi connectivity index (χ2n) is 4.89. The van der Waals surface area contributed by atoms with Crippen LogP contribution in [0.25, 0.3) is 10.9 Å². The minimum atomic E-state index is -0.0247. The van der Waals surface area contributed by atoms with Crippen molar-refractivity contribution < 1.29 is 9.53 Å². The number of carbonyl (C=O) groups is 1. The van der Waals surface area contributed by atoms with Crippen LogP contribution in [-0.2, 0) is 0 Å². The van der Waals surface area contributed by atoms with E-state index in [0.717, 1.165) is 42.5 Å². The second-order valence-corrected chi connectivity index (χ2v) is 4.89. The monoisotopic (exact) mass is 271 g/mol. The van der Waals surface area contributed by atoms with Gasteiger partial charge >= 0.3 is 6.03 Å². The lowest BCUT2D eigenvalue weighted by atomic mass is 10.2. The van der Waals surface area contributed by atoms with Gasteiger partial charge in [-0.05, 0) is 37.1 Å². The fraction of sp³-hybridized carbons (Fsp3) is 0.333. The Hall–Kier alpha value is -2.30. The van der Waals surface area contributed by atoms with Crippen molar-refractivity contribution in [1.29, 1.82) is 0 Å². The highest BCUT2D eigenvalue weighted by Crippen LogP contribution is 2.21. The number of fused-ring (bicyclic) bond motifs is 1. The molecule has 0 spiro atoms. The van der Waals surface area contributed by atoms with Crippen LogP contribution in [-0.4, -0.2) is 36.1 Å². The normalized spacial score (nSPS) is 14.6. The Morgan fingerprint density at radius 1 is 1.25 bits per heavy atom. The summed E-state index contributed by atoms with van der Waals surface area (Å²) in [5.41, 5.74) is 1.64. The molecule has 5 nitrogen and oxygen atoms in total. The summed E-state index contributed by atoms with van der Waals surface area (Å²) < 4.78 is 5.10. The topological polar surface area (TPSA) is 54.5 Å². The van der Waals surface area contributed by atoms with Crippen LogP contribution in [0.4, 0.5) is 10.5 Å². The van der Waals surface area contributed by atoms with Crippen LogP contribution in [0.2, 0.25) is 0 Å². The van der Waals surface area contributed by atoms with Gasteiger partial charge in [0.1, 0.15) is 0 Å². The van der Waals surface area contributed by atoms with Crippen LogP contribution >= 0.6 is 0 Å². The van der Waals surface area contributed by atoms with Crippen molar-refractivity contribution in [1.82, 2.24) is 9.88 Å². The lowest BCUT2D eigenvalue weighted by Gasteiger charge is -2.16. The van der Waals surface area contributed by atoms with E-state index in [2.05, 4.69) is 10.3 Å². The van der Waals surface area contributed by atoms with E-state index in [0.29, 0.717) is 5.88 Å². The molecule has 2 heterocycles. The zero-order valence-corrected chi connectivity index (χ0v) is 11.4. The van der Waals surface area contributed by atoms with Crippen molar-refractivity contribution >= 4 is 22.6 Å². The van der Waals surface area contributed by atoms with E-state index in [9.17, 15) is 4.79 Å². The maximum atomic E-state index is 12.0. The number of nitrogens with one attached hydrogen (secondary N) is 1. The number of likely N-dealkylation sites (tertiary alicyclic amines) is 1. The van der Waals surface area contributed by atoms with Gasteiger partial charge in [0, 0.05) is 30.2 Å². The van der Waals surface area contributed by atoms with Crippen molar-refractivity contribution in [2.24, 2.45) is 0 Å². The van der Waals surface area contributed by atoms with Crippen LogP contribution in [0.5, 0.6) is 5.88 Å². The number of pyridine rings is 1. The first-order valence-corrected chi connectivity index (χ1v) is 6.77. The molecule has 2 amide bonds. The Morgan fingerprint density at radius 3 is 2.80 bits per heavy atom. The molecule has 0 radical (unpaired) electrons. The number of amides is 2. The highest BCUT2D eigenvalue weighted by molar-refractivity contribution is 5.92. The van der Waals surface area contributed by atoms with Gasteiger partial charge in [-0.25, -0.2) is 9.78 Å². The molecule has 0 bridgehead atoms. The number of benzene rings is 1. The summed E-state index contributed by atoms with van der Waals surface area (Å²) in [6.45, 7) is 1.69. The number of methoxy groups -OCH3 is 1. The van der Waals surface area contributed by atoms with E-state index in [4.69, 9.17) is 4.74 Å².